The van der Waals surface area contributed by atoms with Gasteiger partial charge < -0.3 is 0 Å². The van der Waals surface area contributed by atoms with Crippen molar-refractivity contribution in [2.24, 2.45) is 11.8 Å². The molecule has 1 nitrogen and oxygen atoms in total. The molecule has 2 atom stereocenters. The normalized spacial score (nSPS) is 26.9. The molecule has 0 aliphatic carbocycles. The van der Waals surface area contributed by atoms with Crippen LogP contribution >= 0.6 is 15.9 Å². The Labute approximate surface area is 107 Å². The molecule has 0 N–H and O–H groups in total. The van der Waals surface area contributed by atoms with E-state index in [1.165, 1.54) is 25.1 Å². The smallest absolute Gasteiger partial charge is 0.0233 e. The first kappa shape index (κ1) is 12.1. The van der Waals surface area contributed by atoms with Crippen molar-refractivity contribution in [1.82, 2.24) is 4.90 Å². The SMILES string of the molecule is C[C@@H]1C[C@@H](C)CN(Cc2ccc(Br)cc2)C1. The maximum absolute atomic E-state index is 3.48. The number of rotatable bonds is 2. The molecule has 1 aliphatic rings. The van der Waals surface area contributed by atoms with E-state index in [1.807, 2.05) is 0 Å². The molecule has 1 aliphatic heterocycles. The Morgan fingerprint density at radius 2 is 1.69 bits per heavy atom. The van der Waals surface area contributed by atoms with Crippen molar-refractivity contribution in [3.63, 3.8) is 0 Å². The third kappa shape index (κ3) is 3.33. The largest absolute Gasteiger partial charge is 0.299 e. The fourth-order valence-corrected chi connectivity index (χ4v) is 3.03. The minimum Gasteiger partial charge on any atom is -0.299 e. The third-order valence-electron chi connectivity index (χ3n) is 3.26. The second kappa shape index (κ2) is 5.33. The second-order valence-electron chi connectivity index (χ2n) is 5.27. The van der Waals surface area contributed by atoms with Crippen LogP contribution in [-0.4, -0.2) is 18.0 Å². The molecule has 88 valence electrons. The maximum Gasteiger partial charge on any atom is 0.0233 e. The summed E-state index contributed by atoms with van der Waals surface area (Å²) in [6.45, 7) is 8.33. The van der Waals surface area contributed by atoms with Crippen LogP contribution in [0.3, 0.4) is 0 Å². The summed E-state index contributed by atoms with van der Waals surface area (Å²) in [4.78, 5) is 2.59. The minimum absolute atomic E-state index is 0.846. The predicted molar refractivity (Wildman–Crippen MR) is 72.4 cm³/mol. The van der Waals surface area contributed by atoms with Crippen LogP contribution in [0, 0.1) is 11.8 Å². The molecule has 1 saturated heterocycles. The van der Waals surface area contributed by atoms with Crippen LogP contribution in [0.2, 0.25) is 0 Å². The summed E-state index contributed by atoms with van der Waals surface area (Å²) in [5.74, 6) is 1.69. The number of hydrogen-bond acceptors (Lipinski definition) is 1. The summed E-state index contributed by atoms with van der Waals surface area (Å²) in [6, 6.07) is 8.69. The van der Waals surface area contributed by atoms with Gasteiger partial charge in [0.2, 0.25) is 0 Å². The van der Waals surface area contributed by atoms with Crippen molar-refractivity contribution in [2.45, 2.75) is 26.8 Å². The zero-order chi connectivity index (χ0) is 11.5. The average molecular weight is 282 g/mol. The molecule has 1 heterocycles. The second-order valence-corrected chi connectivity index (χ2v) is 6.18. The highest BCUT2D eigenvalue weighted by atomic mass is 79.9. The van der Waals surface area contributed by atoms with Crippen LogP contribution in [-0.2, 0) is 6.54 Å². The molecular weight excluding hydrogens is 262 g/mol. The van der Waals surface area contributed by atoms with Gasteiger partial charge in [0.1, 0.15) is 0 Å². The van der Waals surface area contributed by atoms with Gasteiger partial charge in [0.05, 0.1) is 0 Å². The van der Waals surface area contributed by atoms with Crippen molar-refractivity contribution in [3.05, 3.63) is 34.3 Å². The van der Waals surface area contributed by atoms with Gasteiger partial charge in [-0.05, 0) is 36.0 Å². The number of piperidine rings is 1. The summed E-state index contributed by atoms with van der Waals surface area (Å²) in [6.07, 6.45) is 1.39. The molecule has 0 radical (unpaired) electrons. The molecule has 0 saturated carbocycles. The summed E-state index contributed by atoms with van der Waals surface area (Å²) >= 11 is 3.48. The van der Waals surface area contributed by atoms with Crippen LogP contribution in [0.1, 0.15) is 25.8 Å². The maximum atomic E-state index is 3.48. The summed E-state index contributed by atoms with van der Waals surface area (Å²) < 4.78 is 1.16. The fourth-order valence-electron chi connectivity index (χ4n) is 2.77. The molecule has 1 aromatic rings. The van der Waals surface area contributed by atoms with Gasteiger partial charge in [0.25, 0.3) is 0 Å². The van der Waals surface area contributed by atoms with Gasteiger partial charge >= 0.3 is 0 Å². The molecular formula is C14H20BrN. The van der Waals surface area contributed by atoms with Crippen molar-refractivity contribution in [1.29, 1.82) is 0 Å². The molecule has 2 rings (SSSR count). The van der Waals surface area contributed by atoms with E-state index in [4.69, 9.17) is 0 Å². The van der Waals surface area contributed by atoms with Gasteiger partial charge in [0.15, 0.2) is 0 Å². The van der Waals surface area contributed by atoms with Crippen LogP contribution in [0.4, 0.5) is 0 Å². The van der Waals surface area contributed by atoms with Gasteiger partial charge in [-0.3, -0.25) is 4.90 Å². The monoisotopic (exact) mass is 281 g/mol. The molecule has 0 amide bonds. The molecule has 0 aromatic heterocycles. The summed E-state index contributed by atoms with van der Waals surface area (Å²) in [7, 11) is 0. The highest BCUT2D eigenvalue weighted by Gasteiger charge is 2.21. The van der Waals surface area contributed by atoms with Gasteiger partial charge in [-0.2, -0.15) is 0 Å². The van der Waals surface area contributed by atoms with E-state index < -0.39 is 0 Å². The van der Waals surface area contributed by atoms with Crippen molar-refractivity contribution >= 4 is 15.9 Å². The third-order valence-corrected chi connectivity index (χ3v) is 3.79. The van der Waals surface area contributed by atoms with E-state index in [9.17, 15) is 0 Å². The van der Waals surface area contributed by atoms with Crippen LogP contribution < -0.4 is 0 Å². The highest BCUT2D eigenvalue weighted by molar-refractivity contribution is 9.10. The van der Waals surface area contributed by atoms with Gasteiger partial charge in [-0.1, -0.05) is 41.9 Å². The Morgan fingerprint density at radius 1 is 1.12 bits per heavy atom. The molecule has 1 aromatic carbocycles. The van der Waals surface area contributed by atoms with E-state index in [2.05, 4.69) is 58.9 Å². The zero-order valence-electron chi connectivity index (χ0n) is 10.1. The summed E-state index contributed by atoms with van der Waals surface area (Å²) in [5, 5.41) is 0. The van der Waals surface area contributed by atoms with Crippen molar-refractivity contribution in [2.75, 3.05) is 13.1 Å². The lowest BCUT2D eigenvalue weighted by molar-refractivity contribution is 0.134. The highest BCUT2D eigenvalue weighted by Crippen LogP contribution is 2.22. The standard InChI is InChI=1S/C14H20BrN/c1-11-7-12(2)9-16(8-11)10-13-3-5-14(15)6-4-13/h3-6,11-12H,7-10H2,1-2H3/t11-,12-/m1/s1. The lowest BCUT2D eigenvalue weighted by atomic mass is 9.91. The molecule has 0 spiro atoms. The number of benzene rings is 1. The first-order chi connectivity index (χ1) is 7.63. The van der Waals surface area contributed by atoms with E-state index in [0.717, 1.165) is 22.9 Å². The van der Waals surface area contributed by atoms with Crippen LogP contribution in [0.5, 0.6) is 0 Å². The van der Waals surface area contributed by atoms with E-state index in [1.54, 1.807) is 0 Å². The first-order valence-corrected chi connectivity index (χ1v) is 6.89. The fraction of sp³-hybridized carbons (Fsp3) is 0.571. The Hall–Kier alpha value is -0.340. The van der Waals surface area contributed by atoms with Gasteiger partial charge in [0, 0.05) is 24.1 Å². The Balaban J connectivity index is 1.96. The van der Waals surface area contributed by atoms with Gasteiger partial charge in [-0.25, -0.2) is 0 Å². The van der Waals surface area contributed by atoms with Crippen LogP contribution in [0.15, 0.2) is 28.7 Å². The van der Waals surface area contributed by atoms with Gasteiger partial charge in [-0.15, -0.1) is 0 Å². The average Bonchev–Trinajstić information content (AvgIpc) is 2.20. The molecule has 16 heavy (non-hydrogen) atoms. The zero-order valence-corrected chi connectivity index (χ0v) is 11.7. The molecule has 0 bridgehead atoms. The van der Waals surface area contributed by atoms with Crippen molar-refractivity contribution < 1.29 is 0 Å². The van der Waals surface area contributed by atoms with E-state index in [0.29, 0.717) is 0 Å². The van der Waals surface area contributed by atoms with E-state index >= 15 is 0 Å². The quantitative estimate of drug-likeness (QED) is 0.794. The number of nitrogens with zero attached hydrogens (tertiary/aromatic N) is 1. The minimum atomic E-state index is 0.846. The molecule has 2 heteroatoms. The first-order valence-electron chi connectivity index (χ1n) is 6.10. The Bertz CT molecular complexity index is 323. The topological polar surface area (TPSA) is 3.24 Å². The summed E-state index contributed by atoms with van der Waals surface area (Å²) in [5.41, 5.74) is 1.42. The Morgan fingerprint density at radius 3 is 2.25 bits per heavy atom. The predicted octanol–water partition coefficient (Wildman–Crippen LogP) is 3.93. The van der Waals surface area contributed by atoms with E-state index in [-0.39, 0.29) is 0 Å². The van der Waals surface area contributed by atoms with Crippen LogP contribution in [0.25, 0.3) is 0 Å². The lowest BCUT2D eigenvalue weighted by Crippen LogP contribution is -2.38. The number of hydrogen-bond donors (Lipinski definition) is 0. The number of halogens is 1. The number of likely N-dealkylation sites (tertiary alicyclic amines) is 1. The Kier molecular flexibility index (Phi) is 4.04. The van der Waals surface area contributed by atoms with Crippen molar-refractivity contribution in [3.8, 4) is 0 Å². The lowest BCUT2D eigenvalue weighted by Gasteiger charge is -2.35. The molecule has 1 fully saturated rings. The molecule has 0 unspecified atom stereocenters.